The largest absolute Gasteiger partial charge is 0.493 e. The molecule has 3 rings (SSSR count). The molecular formula is C69H118N2. The number of rotatable bonds is 51. The molecule has 2 aromatic rings. The molecule has 71 heavy (non-hydrogen) atoms. The molecule has 0 amide bonds. The summed E-state index contributed by atoms with van der Waals surface area (Å²) in [5, 5.41) is 0. The molecular weight excluding hydrogens is 857 g/mol. The van der Waals surface area contributed by atoms with Gasteiger partial charge in [-0.3, -0.25) is 0 Å². The van der Waals surface area contributed by atoms with Crippen molar-refractivity contribution >= 4 is 11.4 Å². The molecule has 0 bridgehead atoms. The molecule has 0 aliphatic carbocycles. The van der Waals surface area contributed by atoms with Crippen LogP contribution in [0.5, 0.6) is 0 Å². The molecule has 0 N–H and O–H groups in total. The van der Waals surface area contributed by atoms with Gasteiger partial charge in [0.1, 0.15) is 0 Å². The van der Waals surface area contributed by atoms with Gasteiger partial charge in [0.15, 0.2) is 0 Å². The first-order valence-electron chi connectivity index (χ1n) is 32.2. The summed E-state index contributed by atoms with van der Waals surface area (Å²) >= 11 is 0. The summed E-state index contributed by atoms with van der Waals surface area (Å²) in [5.74, 6) is 0. The van der Waals surface area contributed by atoms with E-state index in [1.807, 2.05) is 0 Å². The predicted molar refractivity (Wildman–Crippen MR) is 317 cm³/mol. The summed E-state index contributed by atoms with van der Waals surface area (Å²) in [6.45, 7) is 9.14. The van der Waals surface area contributed by atoms with Crippen LogP contribution < -0.4 is 0 Å². The number of aryl methyl sites for hydroxylation is 2. The number of nitrogens with zero attached hydrogens (tertiary/aromatic N) is 2. The van der Waals surface area contributed by atoms with Gasteiger partial charge >= 0.3 is 0 Å². The van der Waals surface area contributed by atoms with E-state index in [0.717, 1.165) is 54.6 Å². The van der Waals surface area contributed by atoms with Crippen LogP contribution in [-0.4, -0.2) is 4.70 Å². The highest BCUT2D eigenvalue weighted by Crippen LogP contribution is 2.42. The Balaban J connectivity index is 1.24. The van der Waals surface area contributed by atoms with Crippen molar-refractivity contribution in [3.8, 4) is 0 Å². The summed E-state index contributed by atoms with van der Waals surface area (Å²) in [5.41, 5.74) is 21.7. The van der Waals surface area contributed by atoms with Crippen LogP contribution >= 0.6 is 0 Å². The van der Waals surface area contributed by atoms with E-state index in [1.54, 1.807) is 4.70 Å². The minimum Gasteiger partial charge on any atom is -0.493 e. The molecule has 0 saturated heterocycles. The molecule has 0 unspecified atom stereocenters. The third kappa shape index (κ3) is 30.5. The van der Waals surface area contributed by atoms with E-state index >= 15 is 0 Å². The lowest BCUT2D eigenvalue weighted by Crippen LogP contribution is -2.03. The second-order valence-electron chi connectivity index (χ2n) is 23.0. The van der Waals surface area contributed by atoms with Crippen molar-refractivity contribution in [2.24, 2.45) is 0 Å². The first-order chi connectivity index (χ1) is 35.1. The summed E-state index contributed by atoms with van der Waals surface area (Å²) in [6.07, 6.45) is 68.3. The minimum atomic E-state index is 0.979. The summed E-state index contributed by atoms with van der Waals surface area (Å²) in [7, 11) is 0. The Hall–Kier alpha value is -2.48. The van der Waals surface area contributed by atoms with Crippen LogP contribution in [0, 0.1) is 0 Å². The molecule has 0 fully saturated rings. The van der Waals surface area contributed by atoms with Gasteiger partial charge in [0, 0.05) is 22.3 Å². The second-order valence-corrected chi connectivity index (χ2v) is 23.0. The van der Waals surface area contributed by atoms with Gasteiger partial charge in [0.05, 0.1) is 0 Å². The number of hydrogen-bond donors (Lipinski definition) is 0. The van der Waals surface area contributed by atoms with Crippen molar-refractivity contribution in [1.82, 2.24) is 0 Å². The fraction of sp³-hybridized carbons (Fsp3) is 0.768. The van der Waals surface area contributed by atoms with Gasteiger partial charge in [0.2, 0.25) is 11.4 Å². The third-order valence-corrected chi connectivity index (χ3v) is 16.3. The maximum atomic E-state index is 12.0. The van der Waals surface area contributed by atoms with Crippen molar-refractivity contribution < 1.29 is 4.70 Å². The van der Waals surface area contributed by atoms with Crippen LogP contribution in [0.25, 0.3) is 16.9 Å². The zero-order valence-corrected chi connectivity index (χ0v) is 48.2. The van der Waals surface area contributed by atoms with Gasteiger partial charge < -0.3 is 5.53 Å². The summed E-state index contributed by atoms with van der Waals surface area (Å²) in [4.78, 5) is 0. The first kappa shape index (κ1) is 62.8. The highest BCUT2D eigenvalue weighted by Gasteiger charge is 2.33. The summed E-state index contributed by atoms with van der Waals surface area (Å²) < 4.78 is 1.55. The average Bonchev–Trinajstić information content (AvgIpc) is 3.64. The van der Waals surface area contributed by atoms with Crippen molar-refractivity contribution in [1.29, 1.82) is 0 Å². The molecule has 2 aromatic carbocycles. The van der Waals surface area contributed by atoms with Crippen LogP contribution in [0.1, 0.15) is 352 Å². The van der Waals surface area contributed by atoms with Gasteiger partial charge in [0.25, 0.3) is 0 Å². The standard InChI is InChI=1S/C69H118N2/c1-5-8-11-13-15-17-19-21-23-25-27-29-31-33-35-37-39-41-43-45-47-49-53-63-55-51-57-65(60-63)68-62(4)67(59-10-7-3)69(71(68)70)66-58-52-56-64(61-66)54-50-48-46-44-42-40-38-36-34-32-30-28-26-24-22-20-18-16-14-12-9-6-2/h51-52,55-58,60-61H,5-50,53-54,59H2,1-4H3. The van der Waals surface area contributed by atoms with Crippen LogP contribution in [0.3, 0.4) is 0 Å². The molecule has 0 radical (unpaired) electrons. The third-order valence-electron chi connectivity index (χ3n) is 16.3. The van der Waals surface area contributed by atoms with E-state index < -0.39 is 0 Å². The van der Waals surface area contributed by atoms with E-state index in [9.17, 15) is 5.53 Å². The van der Waals surface area contributed by atoms with Crippen LogP contribution in [-0.2, 0) is 12.8 Å². The lowest BCUT2D eigenvalue weighted by molar-refractivity contribution is -0.345. The van der Waals surface area contributed by atoms with E-state index in [-0.39, 0.29) is 0 Å². The van der Waals surface area contributed by atoms with Gasteiger partial charge in [-0.1, -0.05) is 321 Å². The first-order valence-corrected chi connectivity index (χ1v) is 32.2. The van der Waals surface area contributed by atoms with Gasteiger partial charge in [-0.25, -0.2) is 4.70 Å². The van der Waals surface area contributed by atoms with Crippen molar-refractivity contribution in [3.05, 3.63) is 87.5 Å². The quantitative estimate of drug-likeness (QED) is 0.0466. The zero-order valence-electron chi connectivity index (χ0n) is 48.2. The molecule has 1 heterocycles. The SMILES string of the molecule is CCCCCCCCCCCCCCCCCCCCCCCCc1cccc(C2=C(C)C(CCCC)=C(c3cccc(CCCCCCCCCCCCCCCCCCCCCCCC)c3)[N+]2=[N-])c1. The topological polar surface area (TPSA) is 25.3 Å². The highest BCUT2D eigenvalue weighted by atomic mass is 15.2. The number of benzene rings is 2. The summed E-state index contributed by atoms with van der Waals surface area (Å²) in [6, 6.07) is 18.2. The molecule has 1 aliphatic rings. The number of allylic oxidation sites excluding steroid dienone is 2. The minimum absolute atomic E-state index is 0.979. The lowest BCUT2D eigenvalue weighted by Gasteiger charge is -2.12. The lowest BCUT2D eigenvalue weighted by atomic mass is 9.95. The Kier molecular flexibility index (Phi) is 39.8. The maximum absolute atomic E-state index is 12.0. The zero-order chi connectivity index (χ0) is 50.5. The molecule has 2 nitrogen and oxygen atoms in total. The van der Waals surface area contributed by atoms with Crippen LogP contribution in [0.2, 0.25) is 0 Å². The molecule has 2 heteroatoms. The van der Waals surface area contributed by atoms with Gasteiger partial charge in [-0.05, 0) is 80.8 Å². The smallest absolute Gasteiger partial charge is 0.211 e. The highest BCUT2D eigenvalue weighted by molar-refractivity contribution is 5.81. The Morgan fingerprint density at radius 1 is 0.296 bits per heavy atom. The number of hydrogen-bond acceptors (Lipinski definition) is 0. The fourth-order valence-corrected chi connectivity index (χ4v) is 11.6. The number of unbranched alkanes of at least 4 members (excludes halogenated alkanes) is 43. The Bertz CT molecular complexity index is 1630. The molecule has 0 atom stereocenters. The maximum Gasteiger partial charge on any atom is 0.211 e. The molecule has 404 valence electrons. The molecule has 1 aliphatic heterocycles. The van der Waals surface area contributed by atoms with Gasteiger partial charge in [-0.2, -0.15) is 0 Å². The van der Waals surface area contributed by atoms with Crippen molar-refractivity contribution in [2.45, 2.75) is 342 Å². The van der Waals surface area contributed by atoms with E-state index in [1.165, 1.54) is 305 Å². The predicted octanol–water partition coefficient (Wildman–Crippen LogP) is 24.4. The Morgan fingerprint density at radius 3 is 0.831 bits per heavy atom. The van der Waals surface area contributed by atoms with E-state index in [2.05, 4.69) is 76.2 Å². The van der Waals surface area contributed by atoms with Crippen molar-refractivity contribution in [2.75, 3.05) is 0 Å². The van der Waals surface area contributed by atoms with Gasteiger partial charge in [-0.15, -0.1) is 0 Å². The van der Waals surface area contributed by atoms with Crippen LogP contribution in [0.4, 0.5) is 0 Å². The normalized spacial score (nSPS) is 12.9. The van der Waals surface area contributed by atoms with Crippen molar-refractivity contribution in [3.63, 3.8) is 0 Å². The molecule has 0 spiro atoms. The fourth-order valence-electron chi connectivity index (χ4n) is 11.6. The Morgan fingerprint density at radius 2 is 0.549 bits per heavy atom. The average molecular weight is 976 g/mol. The van der Waals surface area contributed by atoms with E-state index in [0.29, 0.717) is 0 Å². The molecule has 0 saturated carbocycles. The second kappa shape index (κ2) is 45.0. The molecule has 0 aromatic heterocycles. The Labute approximate surface area is 443 Å². The monoisotopic (exact) mass is 975 g/mol. The van der Waals surface area contributed by atoms with Crippen LogP contribution in [0.15, 0.2) is 59.7 Å². The van der Waals surface area contributed by atoms with E-state index in [4.69, 9.17) is 0 Å².